The predicted molar refractivity (Wildman–Crippen MR) is 87.8 cm³/mol. The van der Waals surface area contributed by atoms with Crippen LogP contribution in [0.1, 0.15) is 24.8 Å². The molecule has 2 atom stereocenters. The van der Waals surface area contributed by atoms with Gasteiger partial charge < -0.3 is 5.32 Å². The molecule has 0 radical (unpaired) electrons. The highest BCUT2D eigenvalue weighted by Crippen LogP contribution is 2.32. The maximum absolute atomic E-state index is 12.0. The lowest BCUT2D eigenvalue weighted by Crippen LogP contribution is -2.32. The molecule has 20 heavy (non-hydrogen) atoms. The number of hydrogen-bond donors (Lipinski definition) is 1. The topological polar surface area (TPSA) is 29.1 Å². The molecule has 0 spiro atoms. The zero-order valence-electron chi connectivity index (χ0n) is 11.2. The molecule has 1 fully saturated rings. The van der Waals surface area contributed by atoms with E-state index in [1.54, 1.807) is 12.1 Å². The van der Waals surface area contributed by atoms with E-state index in [2.05, 4.69) is 21.2 Å². The summed E-state index contributed by atoms with van der Waals surface area (Å²) in [6.07, 6.45) is 4.09. The third kappa shape index (κ3) is 4.37. The largest absolute Gasteiger partial charge is 0.356 e. The minimum atomic E-state index is 0.0450. The van der Waals surface area contributed by atoms with Gasteiger partial charge in [-0.2, -0.15) is 0 Å². The molecule has 2 unspecified atom stereocenters. The van der Waals surface area contributed by atoms with Crippen LogP contribution < -0.4 is 5.32 Å². The summed E-state index contributed by atoms with van der Waals surface area (Å²) in [7, 11) is 0. The Kier molecular flexibility index (Phi) is 6.19. The number of nitrogens with one attached hydrogen (secondary N) is 1. The molecule has 1 aliphatic carbocycles. The Bertz CT molecular complexity index is 481. The molecule has 0 aliphatic heterocycles. The fraction of sp³-hybridized carbons (Fsp3) is 0.533. The van der Waals surface area contributed by atoms with Crippen LogP contribution >= 0.6 is 39.1 Å². The summed E-state index contributed by atoms with van der Waals surface area (Å²) < 4.78 is 0. The normalized spacial score (nSPS) is 21.9. The summed E-state index contributed by atoms with van der Waals surface area (Å²) in [6.45, 7) is 0.774. The van der Waals surface area contributed by atoms with E-state index in [1.165, 1.54) is 19.3 Å². The molecule has 1 amide bonds. The summed E-state index contributed by atoms with van der Waals surface area (Å²) in [6, 6.07) is 5.31. The first-order valence-corrected chi connectivity index (χ1v) is 8.74. The van der Waals surface area contributed by atoms with E-state index in [4.69, 9.17) is 23.2 Å². The molecular weight excluding hydrogens is 361 g/mol. The van der Waals surface area contributed by atoms with Crippen molar-refractivity contribution in [2.75, 3.05) is 11.9 Å². The Morgan fingerprint density at radius 1 is 1.25 bits per heavy atom. The first kappa shape index (κ1) is 16.1. The van der Waals surface area contributed by atoms with E-state index in [0.717, 1.165) is 17.4 Å². The van der Waals surface area contributed by atoms with Crippen molar-refractivity contribution in [3.05, 3.63) is 33.8 Å². The molecule has 1 saturated carbocycles. The van der Waals surface area contributed by atoms with Crippen LogP contribution in [0.4, 0.5) is 0 Å². The number of carbonyl (C=O) groups excluding carboxylic acids is 1. The fourth-order valence-corrected chi connectivity index (χ4v) is 3.90. The molecule has 1 aromatic carbocycles. The van der Waals surface area contributed by atoms with Crippen molar-refractivity contribution in [3.8, 4) is 0 Å². The van der Waals surface area contributed by atoms with Crippen molar-refractivity contribution in [1.29, 1.82) is 0 Å². The van der Waals surface area contributed by atoms with Gasteiger partial charge in [-0.3, -0.25) is 4.79 Å². The maximum atomic E-state index is 12.0. The lowest BCUT2D eigenvalue weighted by Gasteiger charge is -2.17. The third-order valence-corrected chi connectivity index (χ3v) is 5.50. The zero-order chi connectivity index (χ0) is 14.5. The van der Waals surface area contributed by atoms with Gasteiger partial charge >= 0.3 is 0 Å². The van der Waals surface area contributed by atoms with Crippen molar-refractivity contribution in [3.63, 3.8) is 0 Å². The molecule has 0 bridgehead atoms. The molecule has 1 aromatic rings. The van der Waals surface area contributed by atoms with Gasteiger partial charge in [-0.15, -0.1) is 0 Å². The lowest BCUT2D eigenvalue weighted by atomic mass is 9.98. The Morgan fingerprint density at radius 2 is 2.00 bits per heavy atom. The average molecular weight is 379 g/mol. The van der Waals surface area contributed by atoms with Gasteiger partial charge in [0.05, 0.1) is 16.5 Å². The van der Waals surface area contributed by atoms with Gasteiger partial charge in [0.15, 0.2) is 0 Å². The van der Waals surface area contributed by atoms with E-state index in [9.17, 15) is 4.79 Å². The van der Waals surface area contributed by atoms with Gasteiger partial charge in [0.25, 0.3) is 0 Å². The van der Waals surface area contributed by atoms with E-state index >= 15 is 0 Å². The highest BCUT2D eigenvalue weighted by Gasteiger charge is 2.26. The van der Waals surface area contributed by atoms with Crippen molar-refractivity contribution < 1.29 is 4.79 Å². The Labute approximate surface area is 138 Å². The Morgan fingerprint density at radius 3 is 2.70 bits per heavy atom. The quantitative estimate of drug-likeness (QED) is 0.752. The number of alkyl halides is 1. The smallest absolute Gasteiger partial charge is 0.224 e. The molecular formula is C15H18BrCl2NO. The standard InChI is InChI=1S/C15H18BrCl2NO/c16-8-11-2-1-3-12(11)9-19-15(20)7-10-4-5-13(17)14(18)6-10/h4-6,11-12H,1-3,7-9H2,(H,19,20). The summed E-state index contributed by atoms with van der Waals surface area (Å²) in [5.74, 6) is 1.34. The first-order valence-electron chi connectivity index (χ1n) is 6.86. The van der Waals surface area contributed by atoms with Crippen LogP contribution in [0, 0.1) is 11.8 Å². The zero-order valence-corrected chi connectivity index (χ0v) is 14.3. The highest BCUT2D eigenvalue weighted by molar-refractivity contribution is 9.09. The molecule has 0 aromatic heterocycles. The minimum absolute atomic E-state index is 0.0450. The van der Waals surface area contributed by atoms with Crippen LogP contribution in [0.3, 0.4) is 0 Å². The van der Waals surface area contributed by atoms with Crippen molar-refractivity contribution in [2.24, 2.45) is 11.8 Å². The molecule has 2 rings (SSSR count). The maximum Gasteiger partial charge on any atom is 0.224 e. The average Bonchev–Trinajstić information content (AvgIpc) is 2.88. The van der Waals surface area contributed by atoms with Crippen molar-refractivity contribution in [2.45, 2.75) is 25.7 Å². The van der Waals surface area contributed by atoms with Crippen LogP contribution in [-0.2, 0) is 11.2 Å². The van der Waals surface area contributed by atoms with E-state index < -0.39 is 0 Å². The Balaban J connectivity index is 1.81. The van der Waals surface area contributed by atoms with Gasteiger partial charge in [-0.25, -0.2) is 0 Å². The van der Waals surface area contributed by atoms with Crippen LogP contribution in [-0.4, -0.2) is 17.8 Å². The van der Waals surface area contributed by atoms with Gasteiger partial charge in [0.2, 0.25) is 5.91 Å². The number of carbonyl (C=O) groups is 1. The Hall–Kier alpha value is -0.250. The van der Waals surface area contributed by atoms with Crippen LogP contribution in [0.2, 0.25) is 10.0 Å². The summed E-state index contributed by atoms with van der Waals surface area (Å²) >= 11 is 15.4. The third-order valence-electron chi connectivity index (χ3n) is 3.92. The number of halogens is 3. The lowest BCUT2D eigenvalue weighted by molar-refractivity contribution is -0.120. The summed E-state index contributed by atoms with van der Waals surface area (Å²) in [5, 5.41) is 5.07. The van der Waals surface area contributed by atoms with Crippen LogP contribution in [0.5, 0.6) is 0 Å². The first-order chi connectivity index (χ1) is 9.60. The molecule has 0 heterocycles. The van der Waals surface area contributed by atoms with Gasteiger partial charge in [-0.05, 0) is 42.4 Å². The fourth-order valence-electron chi connectivity index (χ4n) is 2.73. The second-order valence-corrected chi connectivity index (χ2v) is 6.80. The van der Waals surface area contributed by atoms with Crippen molar-refractivity contribution in [1.82, 2.24) is 5.32 Å². The highest BCUT2D eigenvalue weighted by atomic mass is 79.9. The monoisotopic (exact) mass is 377 g/mol. The second kappa shape index (κ2) is 7.67. The molecule has 1 aliphatic rings. The minimum Gasteiger partial charge on any atom is -0.356 e. The number of rotatable bonds is 5. The van der Waals surface area contributed by atoms with Gasteiger partial charge in [-0.1, -0.05) is 51.6 Å². The van der Waals surface area contributed by atoms with Crippen LogP contribution in [0.15, 0.2) is 18.2 Å². The predicted octanol–water partition coefficient (Wildman–Crippen LogP) is 4.46. The molecule has 110 valence electrons. The van der Waals surface area contributed by atoms with Gasteiger partial charge in [0, 0.05) is 11.9 Å². The SMILES string of the molecule is O=C(Cc1ccc(Cl)c(Cl)c1)NCC1CCCC1CBr. The molecule has 5 heteroatoms. The second-order valence-electron chi connectivity index (χ2n) is 5.33. The molecule has 2 nitrogen and oxygen atoms in total. The number of amides is 1. The number of hydrogen-bond acceptors (Lipinski definition) is 1. The van der Waals surface area contributed by atoms with E-state index in [-0.39, 0.29) is 5.91 Å². The molecule has 1 N–H and O–H groups in total. The van der Waals surface area contributed by atoms with Crippen LogP contribution in [0.25, 0.3) is 0 Å². The van der Waals surface area contributed by atoms with Crippen molar-refractivity contribution >= 4 is 45.0 Å². The summed E-state index contributed by atoms with van der Waals surface area (Å²) in [5.41, 5.74) is 0.889. The van der Waals surface area contributed by atoms with Gasteiger partial charge in [0.1, 0.15) is 0 Å². The summed E-state index contributed by atoms with van der Waals surface area (Å²) in [4.78, 5) is 12.0. The number of benzene rings is 1. The van der Waals surface area contributed by atoms with E-state index in [0.29, 0.717) is 28.3 Å². The van der Waals surface area contributed by atoms with E-state index in [1.807, 2.05) is 6.07 Å². The molecule has 0 saturated heterocycles.